The lowest BCUT2D eigenvalue weighted by Crippen LogP contribution is -1.96. The van der Waals surface area contributed by atoms with Crippen molar-refractivity contribution in [3.05, 3.63) is 35.7 Å². The number of carbonyl (C=O) groups is 1. The van der Waals surface area contributed by atoms with Gasteiger partial charge in [0.25, 0.3) is 0 Å². The molecule has 0 aliphatic carbocycles. The van der Waals surface area contributed by atoms with Crippen LogP contribution in [0.2, 0.25) is 0 Å². The number of carbonyl (C=O) groups excluding carboxylic acids is 1. The third-order valence-electron chi connectivity index (χ3n) is 1.83. The molecule has 0 radical (unpaired) electrons. The van der Waals surface area contributed by atoms with E-state index in [0.717, 1.165) is 0 Å². The normalized spacial score (nSPS) is 10.5. The molecule has 3 nitrogen and oxygen atoms in total. The quantitative estimate of drug-likeness (QED) is 0.611. The van der Waals surface area contributed by atoms with E-state index >= 15 is 0 Å². The number of hydrogen-bond donors (Lipinski definition) is 1. The maximum absolute atomic E-state index is 13.2. The predicted octanol–water partition coefficient (Wildman–Crippen LogP) is 1.98. The van der Waals surface area contributed by atoms with E-state index in [-0.39, 0.29) is 12.4 Å². The summed E-state index contributed by atoms with van der Waals surface area (Å²) in [5, 5.41) is 0. The highest BCUT2D eigenvalue weighted by atomic mass is 19.1. The number of halogens is 1. The van der Waals surface area contributed by atoms with Crippen LogP contribution in [0.1, 0.15) is 12.0 Å². The first-order valence-electron chi connectivity index (χ1n) is 4.42. The molecule has 15 heavy (non-hydrogen) atoms. The minimum atomic E-state index is -0.406. The fourth-order valence-electron chi connectivity index (χ4n) is 1.04. The van der Waals surface area contributed by atoms with Gasteiger partial charge in [-0.25, -0.2) is 4.39 Å². The van der Waals surface area contributed by atoms with Crippen LogP contribution in [0.15, 0.2) is 24.3 Å². The first-order chi connectivity index (χ1) is 7.13. The molecular weight excluding hydrogens is 197 g/mol. The zero-order valence-electron chi connectivity index (χ0n) is 8.37. The molecule has 0 aliphatic rings. The van der Waals surface area contributed by atoms with Gasteiger partial charge in [0.05, 0.1) is 13.5 Å². The minimum Gasteiger partial charge on any atom is -0.469 e. The maximum atomic E-state index is 13.2. The number of benzene rings is 1. The SMILES string of the molecule is COC(=O)CC=Cc1ccc(N)cc1F. The second-order valence-electron chi connectivity index (χ2n) is 2.96. The summed E-state index contributed by atoms with van der Waals surface area (Å²) in [6.45, 7) is 0. The van der Waals surface area contributed by atoms with Crippen LogP contribution in [0.3, 0.4) is 0 Å². The monoisotopic (exact) mass is 209 g/mol. The van der Waals surface area contributed by atoms with Crippen LogP contribution in [0, 0.1) is 5.82 Å². The molecule has 1 rings (SSSR count). The van der Waals surface area contributed by atoms with Crippen molar-refractivity contribution in [2.45, 2.75) is 6.42 Å². The Morgan fingerprint density at radius 3 is 2.93 bits per heavy atom. The van der Waals surface area contributed by atoms with Crippen molar-refractivity contribution in [3.8, 4) is 0 Å². The van der Waals surface area contributed by atoms with E-state index in [1.165, 1.54) is 19.3 Å². The third kappa shape index (κ3) is 3.42. The Kier molecular flexibility index (Phi) is 3.85. The number of hydrogen-bond acceptors (Lipinski definition) is 3. The molecule has 80 valence electrons. The molecule has 0 unspecified atom stereocenters. The molecule has 0 saturated carbocycles. The number of esters is 1. The Hall–Kier alpha value is -1.84. The van der Waals surface area contributed by atoms with Gasteiger partial charge in [-0.3, -0.25) is 4.79 Å². The van der Waals surface area contributed by atoms with Crippen LogP contribution in [0.5, 0.6) is 0 Å². The van der Waals surface area contributed by atoms with Crippen molar-refractivity contribution < 1.29 is 13.9 Å². The van der Waals surface area contributed by atoms with Crippen molar-refractivity contribution in [3.63, 3.8) is 0 Å². The molecule has 2 N–H and O–H groups in total. The lowest BCUT2D eigenvalue weighted by Gasteiger charge is -1.98. The van der Waals surface area contributed by atoms with Gasteiger partial charge < -0.3 is 10.5 Å². The van der Waals surface area contributed by atoms with Gasteiger partial charge in [-0.1, -0.05) is 18.2 Å². The Morgan fingerprint density at radius 1 is 1.60 bits per heavy atom. The number of anilines is 1. The van der Waals surface area contributed by atoms with Crippen molar-refractivity contribution >= 4 is 17.7 Å². The van der Waals surface area contributed by atoms with Crippen molar-refractivity contribution in [1.29, 1.82) is 0 Å². The number of methoxy groups -OCH3 is 1. The molecule has 4 heteroatoms. The van der Waals surface area contributed by atoms with Gasteiger partial charge in [-0.05, 0) is 12.1 Å². The average Bonchev–Trinajstić information content (AvgIpc) is 2.21. The van der Waals surface area contributed by atoms with Gasteiger partial charge in [-0.2, -0.15) is 0 Å². The fraction of sp³-hybridized carbons (Fsp3) is 0.182. The second kappa shape index (κ2) is 5.14. The summed E-state index contributed by atoms with van der Waals surface area (Å²) in [5.74, 6) is -0.766. The Bertz CT molecular complexity index is 388. The number of nitrogen functional groups attached to an aromatic ring is 1. The summed E-state index contributed by atoms with van der Waals surface area (Å²) < 4.78 is 17.6. The zero-order chi connectivity index (χ0) is 11.3. The first-order valence-corrected chi connectivity index (χ1v) is 4.42. The third-order valence-corrected chi connectivity index (χ3v) is 1.83. The predicted molar refractivity (Wildman–Crippen MR) is 56.5 cm³/mol. The van der Waals surface area contributed by atoms with E-state index in [0.29, 0.717) is 11.3 Å². The molecule has 1 aromatic carbocycles. The molecule has 0 saturated heterocycles. The van der Waals surface area contributed by atoms with Crippen LogP contribution in [0.25, 0.3) is 6.08 Å². The molecule has 0 amide bonds. The van der Waals surface area contributed by atoms with Gasteiger partial charge in [0.15, 0.2) is 0 Å². The van der Waals surface area contributed by atoms with E-state index in [9.17, 15) is 9.18 Å². The molecular formula is C11H12FNO2. The minimum absolute atomic E-state index is 0.125. The number of nitrogens with two attached hydrogens (primary N) is 1. The molecule has 0 spiro atoms. The highest BCUT2D eigenvalue weighted by Gasteiger charge is 1.99. The first kappa shape index (κ1) is 11.2. The second-order valence-corrected chi connectivity index (χ2v) is 2.96. The topological polar surface area (TPSA) is 52.3 Å². The van der Waals surface area contributed by atoms with E-state index in [1.54, 1.807) is 18.2 Å². The summed E-state index contributed by atoms with van der Waals surface area (Å²) in [6.07, 6.45) is 3.19. The van der Waals surface area contributed by atoms with E-state index < -0.39 is 5.82 Å². The summed E-state index contributed by atoms with van der Waals surface area (Å²) in [7, 11) is 1.31. The van der Waals surface area contributed by atoms with Crippen molar-refractivity contribution in [2.75, 3.05) is 12.8 Å². The van der Waals surface area contributed by atoms with Crippen LogP contribution in [-0.2, 0) is 9.53 Å². The molecule has 1 aromatic rings. The van der Waals surface area contributed by atoms with E-state index in [1.807, 2.05) is 0 Å². The van der Waals surface area contributed by atoms with Crippen molar-refractivity contribution in [1.82, 2.24) is 0 Å². The molecule has 0 heterocycles. The zero-order valence-corrected chi connectivity index (χ0v) is 8.37. The van der Waals surface area contributed by atoms with Gasteiger partial charge in [0, 0.05) is 11.3 Å². The Morgan fingerprint density at radius 2 is 2.33 bits per heavy atom. The molecule has 0 aliphatic heterocycles. The summed E-state index contributed by atoms with van der Waals surface area (Å²) >= 11 is 0. The van der Waals surface area contributed by atoms with Crippen LogP contribution in [-0.4, -0.2) is 13.1 Å². The summed E-state index contributed by atoms with van der Waals surface area (Å²) in [6, 6.07) is 4.39. The highest BCUT2D eigenvalue weighted by molar-refractivity contribution is 5.72. The molecule has 0 aromatic heterocycles. The van der Waals surface area contributed by atoms with Gasteiger partial charge in [0.1, 0.15) is 5.82 Å². The average molecular weight is 209 g/mol. The van der Waals surface area contributed by atoms with Crippen LogP contribution in [0.4, 0.5) is 10.1 Å². The largest absolute Gasteiger partial charge is 0.469 e. The summed E-state index contributed by atoms with van der Waals surface area (Å²) in [4.78, 5) is 10.8. The lowest BCUT2D eigenvalue weighted by atomic mass is 10.1. The molecule has 0 bridgehead atoms. The van der Waals surface area contributed by atoms with Crippen LogP contribution >= 0.6 is 0 Å². The number of ether oxygens (including phenoxy) is 1. The standard InChI is InChI=1S/C11H12FNO2/c1-15-11(14)4-2-3-8-5-6-9(13)7-10(8)12/h2-3,5-7H,4,13H2,1H3. The van der Waals surface area contributed by atoms with Gasteiger partial charge in [0.2, 0.25) is 0 Å². The smallest absolute Gasteiger partial charge is 0.309 e. The number of rotatable bonds is 3. The summed E-state index contributed by atoms with van der Waals surface area (Å²) in [5.41, 5.74) is 6.16. The van der Waals surface area contributed by atoms with E-state index in [4.69, 9.17) is 5.73 Å². The Balaban J connectivity index is 2.68. The molecule has 0 atom stereocenters. The van der Waals surface area contributed by atoms with Gasteiger partial charge in [-0.15, -0.1) is 0 Å². The van der Waals surface area contributed by atoms with Crippen molar-refractivity contribution in [2.24, 2.45) is 0 Å². The fourth-order valence-corrected chi connectivity index (χ4v) is 1.04. The molecule has 0 fully saturated rings. The lowest BCUT2D eigenvalue weighted by molar-refractivity contribution is -0.139. The van der Waals surface area contributed by atoms with Gasteiger partial charge >= 0.3 is 5.97 Å². The maximum Gasteiger partial charge on any atom is 0.309 e. The highest BCUT2D eigenvalue weighted by Crippen LogP contribution is 2.13. The Labute approximate surface area is 87.3 Å². The van der Waals surface area contributed by atoms with Crippen LogP contribution < -0.4 is 5.73 Å². The van der Waals surface area contributed by atoms with E-state index in [2.05, 4.69) is 4.74 Å².